The van der Waals surface area contributed by atoms with Gasteiger partial charge in [0.15, 0.2) is 5.11 Å². The molecule has 0 radical (unpaired) electrons. The third-order valence-electron chi connectivity index (χ3n) is 6.00. The van der Waals surface area contributed by atoms with Crippen LogP contribution in [-0.4, -0.2) is 36.0 Å². The first kappa shape index (κ1) is 21.1. The fourth-order valence-corrected chi connectivity index (χ4v) is 4.30. The minimum atomic E-state index is -0.453. The van der Waals surface area contributed by atoms with Crippen LogP contribution in [0.15, 0.2) is 65.9 Å². The molecule has 7 heteroatoms. The standard InChI is InChI=1S/C24H25N3O3S/c1-14-20(23(29)30-3)21(26-24(31)27(14)2)16-10-7-11-17(12-16)25-22(28)19-13-18(19)15-8-5-4-6-9-15/h4-12,18-19,21H,13H2,1-3H3,(H,25,28)(H,26,31). The summed E-state index contributed by atoms with van der Waals surface area (Å²) in [4.78, 5) is 27.0. The lowest BCUT2D eigenvalue weighted by atomic mass is 9.95. The fraction of sp³-hybridized carbons (Fsp3) is 0.292. The Bertz CT molecular complexity index is 1070. The van der Waals surface area contributed by atoms with E-state index in [9.17, 15) is 9.59 Å². The highest BCUT2D eigenvalue weighted by molar-refractivity contribution is 7.80. The quantitative estimate of drug-likeness (QED) is 0.551. The Hall–Kier alpha value is -3.19. The van der Waals surface area contributed by atoms with Crippen LogP contribution in [0.3, 0.4) is 0 Å². The van der Waals surface area contributed by atoms with E-state index in [0.717, 1.165) is 17.7 Å². The second kappa shape index (κ2) is 8.51. The maximum atomic E-state index is 12.8. The van der Waals surface area contributed by atoms with Gasteiger partial charge in [-0.25, -0.2) is 4.79 Å². The van der Waals surface area contributed by atoms with Gasteiger partial charge >= 0.3 is 5.97 Å². The first-order valence-corrected chi connectivity index (χ1v) is 10.6. The van der Waals surface area contributed by atoms with Gasteiger partial charge in [0.2, 0.25) is 5.91 Å². The van der Waals surface area contributed by atoms with Crippen molar-refractivity contribution < 1.29 is 14.3 Å². The summed E-state index contributed by atoms with van der Waals surface area (Å²) in [7, 11) is 3.17. The summed E-state index contributed by atoms with van der Waals surface area (Å²) in [6.07, 6.45) is 0.856. The molecule has 2 aromatic rings. The molecule has 1 aliphatic heterocycles. The third-order valence-corrected chi connectivity index (χ3v) is 6.39. The number of rotatable bonds is 5. The summed E-state index contributed by atoms with van der Waals surface area (Å²) < 4.78 is 5.01. The molecule has 6 nitrogen and oxygen atoms in total. The summed E-state index contributed by atoms with van der Waals surface area (Å²) >= 11 is 5.42. The van der Waals surface area contributed by atoms with E-state index in [1.807, 2.05) is 49.4 Å². The first-order valence-electron chi connectivity index (χ1n) is 10.2. The number of nitrogens with zero attached hydrogens (tertiary/aromatic N) is 1. The molecule has 2 aromatic carbocycles. The first-order chi connectivity index (χ1) is 14.9. The number of ether oxygens (including phenoxy) is 1. The van der Waals surface area contributed by atoms with Gasteiger partial charge in [0.25, 0.3) is 0 Å². The van der Waals surface area contributed by atoms with Crippen LogP contribution < -0.4 is 10.6 Å². The van der Waals surface area contributed by atoms with Crippen molar-refractivity contribution >= 4 is 34.9 Å². The van der Waals surface area contributed by atoms with Gasteiger partial charge in [-0.05, 0) is 54.7 Å². The van der Waals surface area contributed by atoms with E-state index < -0.39 is 12.0 Å². The molecule has 3 unspecified atom stereocenters. The number of carbonyl (C=O) groups excluding carboxylic acids is 2. The molecule has 160 valence electrons. The molecule has 1 amide bonds. The van der Waals surface area contributed by atoms with Crippen molar-refractivity contribution in [1.29, 1.82) is 0 Å². The predicted molar refractivity (Wildman–Crippen MR) is 123 cm³/mol. The van der Waals surface area contributed by atoms with Gasteiger partial charge in [0.05, 0.1) is 18.7 Å². The number of thiocarbonyl (C=S) groups is 1. The molecular formula is C24H25N3O3S. The van der Waals surface area contributed by atoms with Crippen LogP contribution in [0.4, 0.5) is 5.69 Å². The molecule has 0 saturated heterocycles. The zero-order valence-corrected chi connectivity index (χ0v) is 18.5. The number of benzene rings is 2. The summed E-state index contributed by atoms with van der Waals surface area (Å²) in [5, 5.41) is 6.76. The maximum absolute atomic E-state index is 12.8. The molecule has 0 spiro atoms. The molecule has 2 aliphatic rings. The monoisotopic (exact) mass is 435 g/mol. The van der Waals surface area contributed by atoms with Crippen LogP contribution >= 0.6 is 12.2 Å². The van der Waals surface area contributed by atoms with Crippen LogP contribution in [-0.2, 0) is 14.3 Å². The summed E-state index contributed by atoms with van der Waals surface area (Å²) in [6.45, 7) is 1.84. The van der Waals surface area contributed by atoms with E-state index in [1.54, 1.807) is 11.9 Å². The average Bonchev–Trinajstić information content (AvgIpc) is 3.59. The molecule has 31 heavy (non-hydrogen) atoms. The van der Waals surface area contributed by atoms with Crippen molar-refractivity contribution in [3.8, 4) is 0 Å². The molecule has 1 aliphatic carbocycles. The lowest BCUT2D eigenvalue weighted by molar-refractivity contribution is -0.136. The summed E-state index contributed by atoms with van der Waals surface area (Å²) in [5.74, 6) is -0.151. The molecular weight excluding hydrogens is 410 g/mol. The van der Waals surface area contributed by atoms with Crippen molar-refractivity contribution in [2.24, 2.45) is 5.92 Å². The number of nitrogens with one attached hydrogen (secondary N) is 2. The number of anilines is 1. The van der Waals surface area contributed by atoms with E-state index >= 15 is 0 Å². The molecule has 3 atom stereocenters. The van der Waals surface area contributed by atoms with E-state index in [-0.39, 0.29) is 17.7 Å². The topological polar surface area (TPSA) is 70.7 Å². The highest BCUT2D eigenvalue weighted by Crippen LogP contribution is 2.48. The number of hydrogen-bond acceptors (Lipinski definition) is 4. The highest BCUT2D eigenvalue weighted by atomic mass is 32.1. The number of hydrogen-bond donors (Lipinski definition) is 2. The van der Waals surface area contributed by atoms with Crippen LogP contribution in [0.2, 0.25) is 0 Å². The maximum Gasteiger partial charge on any atom is 0.337 e. The third kappa shape index (κ3) is 4.18. The van der Waals surface area contributed by atoms with Crippen LogP contribution in [0.1, 0.15) is 36.4 Å². The van der Waals surface area contributed by atoms with Crippen molar-refractivity contribution in [3.05, 3.63) is 77.0 Å². The second-order valence-corrected chi connectivity index (χ2v) is 8.29. The normalized spacial score (nSPS) is 22.6. The van der Waals surface area contributed by atoms with Gasteiger partial charge < -0.3 is 20.3 Å². The van der Waals surface area contributed by atoms with E-state index in [0.29, 0.717) is 16.4 Å². The van der Waals surface area contributed by atoms with Gasteiger partial charge in [-0.15, -0.1) is 0 Å². The SMILES string of the molecule is COC(=O)C1=C(C)N(C)C(=S)NC1c1cccc(NC(=O)C2CC2c2ccccc2)c1. The zero-order valence-electron chi connectivity index (χ0n) is 17.7. The largest absolute Gasteiger partial charge is 0.466 e. The van der Waals surface area contributed by atoms with E-state index in [1.165, 1.54) is 12.7 Å². The smallest absolute Gasteiger partial charge is 0.337 e. The molecule has 1 heterocycles. The Morgan fingerprint density at radius 3 is 2.55 bits per heavy atom. The van der Waals surface area contributed by atoms with Gasteiger partial charge in [-0.1, -0.05) is 42.5 Å². The zero-order chi connectivity index (χ0) is 22.1. The van der Waals surface area contributed by atoms with E-state index in [2.05, 4.69) is 22.8 Å². The fourth-order valence-electron chi connectivity index (χ4n) is 4.04. The minimum absolute atomic E-state index is 0.0118. The Morgan fingerprint density at radius 2 is 1.84 bits per heavy atom. The lowest BCUT2D eigenvalue weighted by Gasteiger charge is -2.35. The van der Waals surface area contributed by atoms with Crippen LogP contribution in [0.5, 0.6) is 0 Å². The van der Waals surface area contributed by atoms with Crippen LogP contribution in [0.25, 0.3) is 0 Å². The molecule has 2 N–H and O–H groups in total. The van der Waals surface area contributed by atoms with Gasteiger partial charge in [-0.2, -0.15) is 0 Å². The summed E-state index contributed by atoms with van der Waals surface area (Å²) in [5.41, 5.74) is 3.94. The number of esters is 1. The summed E-state index contributed by atoms with van der Waals surface area (Å²) in [6, 6.07) is 17.1. The Labute approximate surface area is 187 Å². The number of amides is 1. The van der Waals surface area contributed by atoms with Crippen molar-refractivity contribution in [1.82, 2.24) is 10.2 Å². The second-order valence-electron chi connectivity index (χ2n) is 7.91. The lowest BCUT2D eigenvalue weighted by Crippen LogP contribution is -2.46. The minimum Gasteiger partial charge on any atom is -0.466 e. The van der Waals surface area contributed by atoms with Gasteiger partial charge in [0, 0.05) is 24.4 Å². The molecule has 0 aromatic heterocycles. The van der Waals surface area contributed by atoms with Crippen molar-refractivity contribution in [3.63, 3.8) is 0 Å². The number of carbonyl (C=O) groups is 2. The number of methoxy groups -OCH3 is 1. The molecule has 1 fully saturated rings. The Kier molecular flexibility index (Phi) is 5.78. The number of allylic oxidation sites excluding steroid dienone is 1. The predicted octanol–water partition coefficient (Wildman–Crippen LogP) is 3.74. The van der Waals surface area contributed by atoms with Gasteiger partial charge in [-0.3, -0.25) is 4.79 Å². The van der Waals surface area contributed by atoms with Crippen molar-refractivity contribution in [2.75, 3.05) is 19.5 Å². The molecule has 4 rings (SSSR count). The molecule has 0 bridgehead atoms. The Morgan fingerprint density at radius 1 is 1.13 bits per heavy atom. The Balaban J connectivity index is 1.54. The highest BCUT2D eigenvalue weighted by Gasteiger charge is 2.43. The van der Waals surface area contributed by atoms with E-state index in [4.69, 9.17) is 17.0 Å². The molecule has 1 saturated carbocycles. The van der Waals surface area contributed by atoms with Gasteiger partial charge in [0.1, 0.15) is 0 Å². The van der Waals surface area contributed by atoms with Crippen molar-refractivity contribution in [2.45, 2.75) is 25.3 Å². The average molecular weight is 436 g/mol. The van der Waals surface area contributed by atoms with Crippen LogP contribution in [0, 0.1) is 5.92 Å².